The molecular weight excluding hydrogens is 409 g/mol. The fourth-order valence-corrected chi connectivity index (χ4v) is 24.1. The predicted molar refractivity (Wildman–Crippen MR) is 110 cm³/mol. The molecule has 0 N–H and O–H groups in total. The molecule has 0 aliphatic carbocycles. The highest BCUT2D eigenvalue weighted by atomic mass is 32.1. The van der Waals surface area contributed by atoms with E-state index in [1.165, 1.54) is 13.5 Å². The van der Waals surface area contributed by atoms with Crippen molar-refractivity contribution in [3.05, 3.63) is 52.5 Å². The molecule has 0 spiro atoms. The Balaban J connectivity index is 1.83. The molecule has 0 unspecified atom stereocenters. The van der Waals surface area contributed by atoms with Crippen LogP contribution in [0.4, 0.5) is 0 Å². The number of thiophene rings is 3. The van der Waals surface area contributed by atoms with E-state index in [4.69, 9.17) is 12.3 Å². The summed E-state index contributed by atoms with van der Waals surface area (Å²) in [7, 11) is -7.54. The molecule has 1 fully saturated rings. The first-order valence-electron chi connectivity index (χ1n) is 7.66. The average molecular weight is 427 g/mol. The smallest absolute Gasteiger partial charge is 0.362 e. The van der Waals surface area contributed by atoms with Gasteiger partial charge in [-0.1, -0.05) is 18.2 Å². The van der Waals surface area contributed by atoms with Crippen molar-refractivity contribution in [2.45, 2.75) is 19.6 Å². The van der Waals surface area contributed by atoms with E-state index >= 15 is 0 Å². The molecule has 9 heteroatoms. The Morgan fingerprint density at radius 2 is 0.875 bits per heavy atom. The molecule has 1 aliphatic heterocycles. The van der Waals surface area contributed by atoms with Gasteiger partial charge in [-0.15, -0.1) is 34.0 Å². The van der Waals surface area contributed by atoms with Gasteiger partial charge < -0.3 is 12.3 Å². The lowest BCUT2D eigenvalue weighted by Gasteiger charge is -2.49. The zero-order chi connectivity index (χ0) is 16.8. The van der Waals surface area contributed by atoms with E-state index in [-0.39, 0.29) is 0 Å². The van der Waals surface area contributed by atoms with Crippen molar-refractivity contribution in [3.63, 3.8) is 0 Å². The van der Waals surface area contributed by atoms with Crippen LogP contribution in [0.15, 0.2) is 52.5 Å². The Bertz CT molecular complexity index is 687. The summed E-state index contributed by atoms with van der Waals surface area (Å²) in [6.07, 6.45) is 0. The summed E-state index contributed by atoms with van der Waals surface area (Å²) in [5, 5.41) is 6.30. The van der Waals surface area contributed by atoms with Crippen LogP contribution < -0.4 is 13.5 Å². The minimum atomic E-state index is -2.51. The standard InChI is InChI=1S/C15H18O3S3Si3/c1-22(13-7-4-10-19-13)16-23(2,14-8-5-11-20-14)18-24(3,17-22)15-9-6-12-21-15/h4-12H,1-3H3. The summed E-state index contributed by atoms with van der Waals surface area (Å²) in [6, 6.07) is 12.7. The molecule has 0 radical (unpaired) electrons. The van der Waals surface area contributed by atoms with Crippen LogP contribution in [-0.4, -0.2) is 25.7 Å². The van der Waals surface area contributed by atoms with Crippen LogP contribution in [0.2, 0.25) is 19.6 Å². The Kier molecular flexibility index (Phi) is 4.34. The summed E-state index contributed by atoms with van der Waals surface area (Å²) in [6.45, 7) is 6.54. The molecule has 3 nitrogen and oxygen atoms in total. The normalized spacial score (nSPS) is 33.6. The second-order valence-electron chi connectivity index (χ2n) is 6.08. The van der Waals surface area contributed by atoms with Gasteiger partial charge in [-0.3, -0.25) is 0 Å². The molecule has 0 bridgehead atoms. The lowest BCUT2D eigenvalue weighted by Crippen LogP contribution is -2.76. The van der Waals surface area contributed by atoms with E-state index in [0.717, 1.165) is 0 Å². The van der Waals surface area contributed by atoms with E-state index < -0.39 is 25.7 Å². The first-order chi connectivity index (χ1) is 11.4. The van der Waals surface area contributed by atoms with E-state index in [2.05, 4.69) is 72.2 Å². The summed E-state index contributed by atoms with van der Waals surface area (Å²) in [4.78, 5) is 0. The van der Waals surface area contributed by atoms with Gasteiger partial charge in [0.2, 0.25) is 0 Å². The minimum absolute atomic E-state index is 1.23. The molecule has 1 saturated heterocycles. The van der Waals surface area contributed by atoms with Crippen molar-refractivity contribution < 1.29 is 12.3 Å². The van der Waals surface area contributed by atoms with Crippen LogP contribution >= 0.6 is 34.0 Å². The van der Waals surface area contributed by atoms with Crippen LogP contribution in [0.1, 0.15) is 0 Å². The van der Waals surface area contributed by atoms with Gasteiger partial charge in [0.1, 0.15) is 0 Å². The van der Waals surface area contributed by atoms with Crippen molar-refractivity contribution >= 4 is 73.2 Å². The van der Waals surface area contributed by atoms with Crippen LogP contribution in [0.5, 0.6) is 0 Å². The van der Waals surface area contributed by atoms with Crippen LogP contribution in [0.25, 0.3) is 0 Å². The van der Waals surface area contributed by atoms with Crippen LogP contribution in [0, 0.1) is 0 Å². The highest BCUT2D eigenvalue weighted by Gasteiger charge is 2.60. The Morgan fingerprint density at radius 3 is 1.08 bits per heavy atom. The van der Waals surface area contributed by atoms with Gasteiger partial charge >= 0.3 is 25.7 Å². The van der Waals surface area contributed by atoms with E-state index in [9.17, 15) is 0 Å². The molecule has 0 aromatic carbocycles. The van der Waals surface area contributed by atoms with Gasteiger partial charge in [0.05, 0.1) is 0 Å². The monoisotopic (exact) mass is 426 g/mol. The first kappa shape index (κ1) is 17.1. The van der Waals surface area contributed by atoms with Gasteiger partial charge in [0.25, 0.3) is 0 Å². The second-order valence-corrected chi connectivity index (χ2v) is 19.7. The molecule has 24 heavy (non-hydrogen) atoms. The summed E-state index contributed by atoms with van der Waals surface area (Å²) >= 11 is 5.20. The molecule has 1 aliphatic rings. The molecule has 0 atom stereocenters. The maximum atomic E-state index is 6.74. The molecule has 4 rings (SSSR count). The van der Waals surface area contributed by atoms with Crippen molar-refractivity contribution in [2.75, 3.05) is 0 Å². The SMILES string of the molecule is C[Si]1(c2cccs2)O[Si](C)(c2cccs2)O[Si](C)(c2cccs2)O1. The maximum Gasteiger partial charge on any atom is 0.362 e. The zero-order valence-corrected chi connectivity index (χ0v) is 19.1. The molecule has 3 aromatic heterocycles. The van der Waals surface area contributed by atoms with Crippen molar-refractivity contribution in [2.24, 2.45) is 0 Å². The summed E-state index contributed by atoms with van der Waals surface area (Å²) < 4.78 is 23.9. The fourth-order valence-electron chi connectivity index (χ4n) is 3.09. The van der Waals surface area contributed by atoms with Crippen molar-refractivity contribution in [1.82, 2.24) is 0 Å². The van der Waals surface area contributed by atoms with Gasteiger partial charge in [0, 0.05) is 13.5 Å². The van der Waals surface area contributed by atoms with E-state index in [0.29, 0.717) is 0 Å². The van der Waals surface area contributed by atoms with E-state index in [1.807, 2.05) is 0 Å². The lowest BCUT2D eigenvalue weighted by atomic mass is 10.7. The molecule has 126 valence electrons. The van der Waals surface area contributed by atoms with Crippen LogP contribution in [0.3, 0.4) is 0 Å². The molecule has 0 amide bonds. The highest BCUT2D eigenvalue weighted by molar-refractivity contribution is 7.30. The Labute approximate surface area is 157 Å². The van der Waals surface area contributed by atoms with Crippen LogP contribution in [-0.2, 0) is 12.3 Å². The number of hydrogen-bond donors (Lipinski definition) is 0. The molecular formula is C15H18O3S3Si3. The third-order valence-corrected chi connectivity index (χ3v) is 23.1. The third kappa shape index (κ3) is 2.87. The minimum Gasteiger partial charge on any atom is -0.408 e. The van der Waals surface area contributed by atoms with E-state index in [1.54, 1.807) is 34.0 Å². The summed E-state index contributed by atoms with van der Waals surface area (Å²) in [5.41, 5.74) is 0. The largest absolute Gasteiger partial charge is 0.408 e. The second kappa shape index (κ2) is 6.11. The molecule has 0 saturated carbocycles. The number of hydrogen-bond acceptors (Lipinski definition) is 6. The predicted octanol–water partition coefficient (Wildman–Crippen LogP) is 3.17. The highest BCUT2D eigenvalue weighted by Crippen LogP contribution is 2.32. The third-order valence-electron chi connectivity index (χ3n) is 4.07. The topological polar surface area (TPSA) is 27.7 Å². The fraction of sp³-hybridized carbons (Fsp3) is 0.200. The van der Waals surface area contributed by atoms with Gasteiger partial charge in [0.15, 0.2) is 0 Å². The van der Waals surface area contributed by atoms with Crippen molar-refractivity contribution in [1.29, 1.82) is 0 Å². The lowest BCUT2D eigenvalue weighted by molar-refractivity contribution is 0.254. The average Bonchev–Trinajstić information content (AvgIpc) is 3.27. The molecule has 3 aromatic rings. The zero-order valence-electron chi connectivity index (χ0n) is 13.6. The van der Waals surface area contributed by atoms with Gasteiger partial charge in [-0.05, 0) is 54.0 Å². The van der Waals surface area contributed by atoms with Gasteiger partial charge in [-0.25, -0.2) is 0 Å². The molecule has 4 heterocycles. The van der Waals surface area contributed by atoms with Gasteiger partial charge in [-0.2, -0.15) is 0 Å². The Morgan fingerprint density at radius 1 is 0.583 bits per heavy atom. The first-order valence-corrected chi connectivity index (χ1v) is 17.2. The summed E-state index contributed by atoms with van der Waals surface area (Å²) in [5.74, 6) is 0. The Hall–Kier alpha value is -0.369. The quantitative estimate of drug-likeness (QED) is 0.602. The maximum absolute atomic E-state index is 6.74. The van der Waals surface area contributed by atoms with Crippen molar-refractivity contribution in [3.8, 4) is 0 Å². The number of rotatable bonds is 3.